The maximum atomic E-state index is 13.3. The summed E-state index contributed by atoms with van der Waals surface area (Å²) < 4.78 is 15.4. The Morgan fingerprint density at radius 3 is 2.72 bits per heavy atom. The quantitative estimate of drug-likeness (QED) is 0.457. The monoisotopic (exact) mass is 431 g/mol. The van der Waals surface area contributed by atoms with Crippen LogP contribution in [-0.4, -0.2) is 38.7 Å². The fraction of sp³-hybridized carbons (Fsp3) is 0.217. The fourth-order valence-corrected chi connectivity index (χ4v) is 4.08. The lowest BCUT2D eigenvalue weighted by Gasteiger charge is -2.23. The number of rotatable bonds is 4. The van der Waals surface area contributed by atoms with Crippen LogP contribution < -0.4 is 16.4 Å². The Bertz CT molecular complexity index is 1280. The van der Waals surface area contributed by atoms with Gasteiger partial charge in [-0.2, -0.15) is 5.10 Å². The van der Waals surface area contributed by atoms with E-state index in [1.807, 2.05) is 22.9 Å². The van der Waals surface area contributed by atoms with Crippen molar-refractivity contribution in [2.45, 2.75) is 18.9 Å². The van der Waals surface area contributed by atoms with Crippen molar-refractivity contribution in [3.63, 3.8) is 0 Å². The maximum Gasteiger partial charge on any atom is 0.256 e. The van der Waals surface area contributed by atoms with E-state index in [2.05, 4.69) is 20.6 Å². The van der Waals surface area contributed by atoms with E-state index in [-0.39, 0.29) is 17.8 Å². The molecule has 9 heteroatoms. The number of fused-ring (bicyclic) bond motifs is 1. The highest BCUT2D eigenvalue weighted by atomic mass is 19.1. The zero-order chi connectivity index (χ0) is 22.1. The number of nitrogens with zero attached hydrogens (tertiary/aromatic N) is 4. The summed E-state index contributed by atoms with van der Waals surface area (Å²) in [6.07, 6.45) is 5.13. The number of benzene rings is 1. The second-order valence-corrected chi connectivity index (χ2v) is 7.77. The minimum atomic E-state index is -0.465. The third-order valence-electron chi connectivity index (χ3n) is 5.65. The molecular weight excluding hydrogens is 409 g/mol. The van der Waals surface area contributed by atoms with Crippen molar-refractivity contribution in [3.8, 4) is 11.3 Å². The largest absolute Gasteiger partial charge is 0.383 e. The fourth-order valence-electron chi connectivity index (χ4n) is 4.08. The van der Waals surface area contributed by atoms with Gasteiger partial charge in [-0.15, -0.1) is 0 Å². The molecule has 4 aromatic rings. The second-order valence-electron chi connectivity index (χ2n) is 7.77. The van der Waals surface area contributed by atoms with Crippen LogP contribution in [-0.2, 0) is 0 Å². The van der Waals surface area contributed by atoms with Crippen LogP contribution in [0, 0.1) is 5.82 Å². The molecule has 4 heterocycles. The number of hydrogen-bond donors (Lipinski definition) is 3. The number of nitrogen functional groups attached to an aromatic ring is 1. The van der Waals surface area contributed by atoms with Crippen molar-refractivity contribution < 1.29 is 9.18 Å². The van der Waals surface area contributed by atoms with E-state index in [0.29, 0.717) is 11.4 Å². The van der Waals surface area contributed by atoms with E-state index in [0.717, 1.165) is 48.1 Å². The van der Waals surface area contributed by atoms with Crippen molar-refractivity contribution >= 4 is 28.4 Å². The Labute approximate surface area is 183 Å². The van der Waals surface area contributed by atoms with Gasteiger partial charge >= 0.3 is 0 Å². The molecule has 1 fully saturated rings. The van der Waals surface area contributed by atoms with Gasteiger partial charge in [-0.1, -0.05) is 12.1 Å². The van der Waals surface area contributed by atoms with Gasteiger partial charge in [0.05, 0.1) is 16.9 Å². The molecule has 3 aromatic heterocycles. The molecule has 5 rings (SSSR count). The van der Waals surface area contributed by atoms with Crippen LogP contribution in [0.25, 0.3) is 22.2 Å². The van der Waals surface area contributed by atoms with Crippen molar-refractivity contribution in [2.75, 3.05) is 24.1 Å². The smallest absolute Gasteiger partial charge is 0.256 e. The Morgan fingerprint density at radius 1 is 1.16 bits per heavy atom. The lowest BCUT2D eigenvalue weighted by atomic mass is 10.1. The Hall–Kier alpha value is -3.85. The zero-order valence-corrected chi connectivity index (χ0v) is 17.3. The normalized spacial score (nSPS) is 16.2. The first-order valence-electron chi connectivity index (χ1n) is 10.5. The van der Waals surface area contributed by atoms with Gasteiger partial charge in [0.2, 0.25) is 0 Å². The van der Waals surface area contributed by atoms with Gasteiger partial charge in [-0.05, 0) is 43.7 Å². The van der Waals surface area contributed by atoms with Crippen LogP contribution in [0.2, 0.25) is 0 Å². The average molecular weight is 431 g/mol. The van der Waals surface area contributed by atoms with Gasteiger partial charge in [0.15, 0.2) is 0 Å². The number of halogens is 1. The molecule has 32 heavy (non-hydrogen) atoms. The molecule has 162 valence electrons. The number of anilines is 2. The molecule has 1 unspecified atom stereocenters. The Balaban J connectivity index is 1.47. The number of carbonyl (C=O) groups excluding carboxylic acids is 1. The minimum Gasteiger partial charge on any atom is -0.383 e. The molecule has 4 N–H and O–H groups in total. The standard InChI is InChI=1S/C23H22FN7O/c24-16-7-10-27-19(12-16)29-23(32)15-5-3-14(4-6-15)21-20-18(8-11-28-22(20)25)31(30-21)17-2-1-9-26-13-17/h3-8,10-12,17,26H,1-2,9,13H2,(H2,25,28)(H,27,29,32). The van der Waals surface area contributed by atoms with Crippen LogP contribution >= 0.6 is 0 Å². The number of carbonyl (C=O) groups is 1. The zero-order valence-electron chi connectivity index (χ0n) is 17.3. The van der Waals surface area contributed by atoms with E-state index in [9.17, 15) is 9.18 Å². The number of amides is 1. The topological polar surface area (TPSA) is 111 Å². The van der Waals surface area contributed by atoms with Crippen LogP contribution in [0.3, 0.4) is 0 Å². The number of pyridine rings is 2. The predicted octanol–water partition coefficient (Wildman–Crippen LogP) is 3.39. The van der Waals surface area contributed by atoms with E-state index in [4.69, 9.17) is 10.8 Å². The number of aromatic nitrogens is 4. The molecule has 1 amide bonds. The molecule has 0 spiro atoms. The van der Waals surface area contributed by atoms with E-state index >= 15 is 0 Å². The average Bonchev–Trinajstić information content (AvgIpc) is 3.21. The van der Waals surface area contributed by atoms with E-state index < -0.39 is 5.82 Å². The van der Waals surface area contributed by atoms with Gasteiger partial charge in [-0.25, -0.2) is 14.4 Å². The highest BCUT2D eigenvalue weighted by molar-refractivity contribution is 6.05. The first-order chi connectivity index (χ1) is 15.6. The predicted molar refractivity (Wildman–Crippen MR) is 121 cm³/mol. The summed E-state index contributed by atoms with van der Waals surface area (Å²) in [7, 11) is 0. The molecule has 0 saturated carbocycles. The summed E-state index contributed by atoms with van der Waals surface area (Å²) in [4.78, 5) is 20.7. The number of nitrogens with two attached hydrogens (primary N) is 1. The summed E-state index contributed by atoms with van der Waals surface area (Å²) in [6, 6.07) is 11.6. The highest BCUT2D eigenvalue weighted by Crippen LogP contribution is 2.34. The number of piperidine rings is 1. The van der Waals surface area contributed by atoms with E-state index in [1.54, 1.807) is 18.3 Å². The van der Waals surface area contributed by atoms with Crippen molar-refractivity contribution in [1.29, 1.82) is 0 Å². The van der Waals surface area contributed by atoms with Crippen LogP contribution in [0.1, 0.15) is 29.2 Å². The molecule has 1 aliphatic heterocycles. The molecule has 1 saturated heterocycles. The first kappa shape index (κ1) is 20.1. The molecule has 8 nitrogen and oxygen atoms in total. The summed E-state index contributed by atoms with van der Waals surface area (Å²) in [6.45, 7) is 1.87. The van der Waals surface area contributed by atoms with Gasteiger partial charge in [0.1, 0.15) is 23.1 Å². The maximum absolute atomic E-state index is 13.3. The third-order valence-corrected chi connectivity index (χ3v) is 5.65. The third kappa shape index (κ3) is 3.78. The number of hydrogen-bond acceptors (Lipinski definition) is 6. The molecule has 0 aliphatic carbocycles. The summed E-state index contributed by atoms with van der Waals surface area (Å²) in [5.41, 5.74) is 9.16. The first-order valence-corrected chi connectivity index (χ1v) is 10.5. The minimum absolute atomic E-state index is 0.156. The SMILES string of the molecule is Nc1nccc2c1c(-c1ccc(C(=O)Nc3cc(F)ccn3)cc1)nn2C1CCCNC1. The van der Waals surface area contributed by atoms with Crippen LogP contribution in [0.5, 0.6) is 0 Å². The highest BCUT2D eigenvalue weighted by Gasteiger charge is 2.22. The summed E-state index contributed by atoms with van der Waals surface area (Å²) in [5, 5.41) is 11.7. The molecule has 0 radical (unpaired) electrons. The van der Waals surface area contributed by atoms with Crippen LogP contribution in [0.4, 0.5) is 16.0 Å². The molecule has 1 atom stereocenters. The second kappa shape index (κ2) is 8.35. The van der Waals surface area contributed by atoms with Crippen molar-refractivity contribution in [3.05, 3.63) is 66.2 Å². The van der Waals surface area contributed by atoms with Crippen LogP contribution in [0.15, 0.2) is 54.9 Å². The Morgan fingerprint density at radius 2 is 1.97 bits per heavy atom. The molecule has 1 aliphatic rings. The van der Waals surface area contributed by atoms with Gasteiger partial charge < -0.3 is 16.4 Å². The molecule has 0 bridgehead atoms. The van der Waals surface area contributed by atoms with Crippen molar-refractivity contribution in [1.82, 2.24) is 25.1 Å². The van der Waals surface area contributed by atoms with Gasteiger partial charge in [0.25, 0.3) is 5.91 Å². The molecule has 1 aromatic carbocycles. The summed E-state index contributed by atoms with van der Waals surface area (Å²) >= 11 is 0. The Kier molecular flexibility index (Phi) is 5.24. The van der Waals surface area contributed by atoms with Gasteiger partial charge in [-0.3, -0.25) is 9.48 Å². The number of nitrogens with one attached hydrogen (secondary N) is 2. The van der Waals surface area contributed by atoms with Crippen molar-refractivity contribution in [2.24, 2.45) is 0 Å². The van der Waals surface area contributed by atoms with E-state index in [1.165, 1.54) is 18.3 Å². The lowest BCUT2D eigenvalue weighted by molar-refractivity contribution is 0.102. The lowest BCUT2D eigenvalue weighted by Crippen LogP contribution is -2.32. The summed E-state index contributed by atoms with van der Waals surface area (Å²) in [5.74, 6) is -0.262. The molecular formula is C23H22FN7O. The van der Waals surface area contributed by atoms with Gasteiger partial charge in [0, 0.05) is 36.1 Å².